The van der Waals surface area contributed by atoms with Crippen molar-refractivity contribution in [3.63, 3.8) is 0 Å². The molecule has 0 saturated heterocycles. The van der Waals surface area contributed by atoms with E-state index in [0.29, 0.717) is 13.0 Å². The molecular weight excluding hydrogens is 274 g/mol. The molecule has 1 amide bonds. The van der Waals surface area contributed by atoms with E-state index in [1.54, 1.807) is 17.9 Å². The van der Waals surface area contributed by atoms with Crippen molar-refractivity contribution in [3.05, 3.63) is 51.8 Å². The first-order valence-corrected chi connectivity index (χ1v) is 6.28. The summed E-state index contributed by atoms with van der Waals surface area (Å²) in [5, 5.41) is 17.7. The highest BCUT2D eigenvalue weighted by Gasteiger charge is 2.22. The zero-order valence-electron chi connectivity index (χ0n) is 11.4. The molecule has 0 bridgehead atoms. The van der Waals surface area contributed by atoms with Crippen molar-refractivity contribution < 1.29 is 9.72 Å². The Balaban J connectivity index is 2.06. The van der Waals surface area contributed by atoms with Gasteiger partial charge in [-0.05, 0) is 18.2 Å². The number of nitrogens with two attached hydrogens (primary N) is 1. The van der Waals surface area contributed by atoms with E-state index in [1.807, 2.05) is 6.07 Å². The number of nitrogens with zero attached hydrogens (tertiary/aromatic N) is 3. The fourth-order valence-corrected chi connectivity index (χ4v) is 1.99. The molecule has 1 heterocycles. The first-order chi connectivity index (χ1) is 10.0. The first kappa shape index (κ1) is 14.5. The van der Waals surface area contributed by atoms with Gasteiger partial charge in [-0.3, -0.25) is 19.6 Å². The van der Waals surface area contributed by atoms with Crippen molar-refractivity contribution in [1.82, 2.24) is 15.1 Å². The average molecular weight is 289 g/mol. The van der Waals surface area contributed by atoms with Crippen LogP contribution >= 0.6 is 0 Å². The number of rotatable bonds is 5. The lowest BCUT2D eigenvalue weighted by atomic mass is 10.1. The van der Waals surface area contributed by atoms with Crippen LogP contribution in [0.15, 0.2) is 30.5 Å². The topological polar surface area (TPSA) is 116 Å². The van der Waals surface area contributed by atoms with Crippen LogP contribution in [0.3, 0.4) is 0 Å². The van der Waals surface area contributed by atoms with Gasteiger partial charge in [0.05, 0.1) is 4.92 Å². The Morgan fingerprint density at radius 3 is 2.86 bits per heavy atom. The van der Waals surface area contributed by atoms with Gasteiger partial charge in [0.1, 0.15) is 11.3 Å². The molecule has 3 N–H and O–H groups in total. The number of aryl methyl sites for hydroxylation is 1. The van der Waals surface area contributed by atoms with Crippen LogP contribution in [-0.2, 0) is 13.5 Å². The van der Waals surface area contributed by atoms with Crippen LogP contribution in [-0.4, -0.2) is 27.2 Å². The summed E-state index contributed by atoms with van der Waals surface area (Å²) in [6, 6.07) is 6.13. The molecule has 110 valence electrons. The lowest BCUT2D eigenvalue weighted by Gasteiger charge is -2.07. The molecule has 2 aromatic rings. The average Bonchev–Trinajstić information content (AvgIpc) is 2.83. The number of nitrogens with one attached hydrogen (secondary N) is 1. The number of hydrogen-bond acceptors (Lipinski definition) is 5. The molecule has 0 fully saturated rings. The summed E-state index contributed by atoms with van der Waals surface area (Å²) in [4.78, 5) is 22.4. The summed E-state index contributed by atoms with van der Waals surface area (Å²) >= 11 is 0. The predicted octanol–water partition coefficient (Wildman–Crippen LogP) is 0.883. The Bertz CT molecular complexity index is 680. The van der Waals surface area contributed by atoms with Crippen LogP contribution in [0.1, 0.15) is 16.1 Å². The summed E-state index contributed by atoms with van der Waals surface area (Å²) in [5.74, 6) is -0.517. The monoisotopic (exact) mass is 289 g/mol. The van der Waals surface area contributed by atoms with Crippen LogP contribution in [0.5, 0.6) is 0 Å². The number of para-hydroxylation sites is 1. The summed E-state index contributed by atoms with van der Waals surface area (Å²) in [6.45, 7) is 0.352. The fraction of sp³-hybridized carbons (Fsp3) is 0.231. The van der Waals surface area contributed by atoms with E-state index in [9.17, 15) is 14.9 Å². The van der Waals surface area contributed by atoms with E-state index in [-0.39, 0.29) is 16.9 Å². The van der Waals surface area contributed by atoms with Crippen molar-refractivity contribution in [2.45, 2.75) is 6.42 Å². The Hall–Kier alpha value is -2.90. The maximum absolute atomic E-state index is 12.0. The smallest absolute Gasteiger partial charge is 0.304 e. The first-order valence-electron chi connectivity index (χ1n) is 6.28. The lowest BCUT2D eigenvalue weighted by molar-refractivity contribution is -0.384. The van der Waals surface area contributed by atoms with Gasteiger partial charge in [0.15, 0.2) is 0 Å². The van der Waals surface area contributed by atoms with E-state index in [2.05, 4.69) is 10.4 Å². The summed E-state index contributed by atoms with van der Waals surface area (Å²) in [7, 11) is 1.81. The molecule has 0 aliphatic rings. The van der Waals surface area contributed by atoms with E-state index in [0.717, 1.165) is 5.69 Å². The van der Waals surface area contributed by atoms with Gasteiger partial charge in [0.25, 0.3) is 5.91 Å². The Kier molecular flexibility index (Phi) is 4.17. The van der Waals surface area contributed by atoms with Gasteiger partial charge in [-0.1, -0.05) is 6.07 Å². The largest absolute Gasteiger partial charge is 0.393 e. The second-order valence-electron chi connectivity index (χ2n) is 4.45. The van der Waals surface area contributed by atoms with Gasteiger partial charge in [-0.2, -0.15) is 5.10 Å². The van der Waals surface area contributed by atoms with Crippen LogP contribution in [0.2, 0.25) is 0 Å². The molecule has 0 unspecified atom stereocenters. The molecule has 21 heavy (non-hydrogen) atoms. The number of nitro groups is 1. The minimum atomic E-state index is -0.647. The predicted molar refractivity (Wildman–Crippen MR) is 76.8 cm³/mol. The molecule has 2 rings (SSSR count). The third kappa shape index (κ3) is 3.16. The van der Waals surface area contributed by atoms with Crippen LogP contribution in [0.25, 0.3) is 0 Å². The molecular formula is C13H15N5O3. The number of carbonyl (C=O) groups excluding carboxylic acids is 1. The van der Waals surface area contributed by atoms with E-state index in [1.165, 1.54) is 18.2 Å². The standard InChI is InChI=1S/C13H15N5O3/c1-17-9(6-8-16-17)5-7-15-13(19)10-3-2-4-11(14)12(10)18(20)21/h2-4,6,8H,5,7,14H2,1H3,(H,15,19). The quantitative estimate of drug-likeness (QED) is 0.481. The molecule has 0 atom stereocenters. The maximum atomic E-state index is 12.0. The van der Waals surface area contributed by atoms with Crippen molar-refractivity contribution in [1.29, 1.82) is 0 Å². The summed E-state index contributed by atoms with van der Waals surface area (Å²) < 4.78 is 1.70. The second kappa shape index (κ2) is 6.04. The van der Waals surface area contributed by atoms with Gasteiger partial charge in [-0.25, -0.2) is 0 Å². The van der Waals surface area contributed by atoms with Gasteiger partial charge < -0.3 is 11.1 Å². The molecule has 0 spiro atoms. The Morgan fingerprint density at radius 1 is 1.48 bits per heavy atom. The number of amides is 1. The molecule has 0 aliphatic heterocycles. The van der Waals surface area contributed by atoms with Crippen LogP contribution in [0.4, 0.5) is 11.4 Å². The highest BCUT2D eigenvalue weighted by atomic mass is 16.6. The van der Waals surface area contributed by atoms with Gasteiger partial charge in [0.2, 0.25) is 0 Å². The number of hydrogen-bond donors (Lipinski definition) is 2. The van der Waals surface area contributed by atoms with Crippen molar-refractivity contribution in [2.75, 3.05) is 12.3 Å². The number of aromatic nitrogens is 2. The molecule has 1 aromatic heterocycles. The lowest BCUT2D eigenvalue weighted by Crippen LogP contribution is -2.27. The van der Waals surface area contributed by atoms with Crippen molar-refractivity contribution in [2.24, 2.45) is 7.05 Å². The normalized spacial score (nSPS) is 10.3. The number of carbonyl (C=O) groups is 1. The number of anilines is 1. The van der Waals surface area contributed by atoms with Gasteiger partial charge in [0, 0.05) is 31.9 Å². The molecule has 8 heteroatoms. The highest BCUT2D eigenvalue weighted by Crippen LogP contribution is 2.25. The minimum absolute atomic E-state index is 0.0284. The minimum Gasteiger partial charge on any atom is -0.393 e. The van der Waals surface area contributed by atoms with E-state index in [4.69, 9.17) is 5.73 Å². The summed E-state index contributed by atoms with van der Waals surface area (Å²) in [5.41, 5.74) is 6.08. The second-order valence-corrected chi connectivity index (χ2v) is 4.45. The third-order valence-electron chi connectivity index (χ3n) is 3.08. The van der Waals surface area contributed by atoms with Crippen LogP contribution < -0.4 is 11.1 Å². The molecule has 1 aromatic carbocycles. The fourth-order valence-electron chi connectivity index (χ4n) is 1.99. The Morgan fingerprint density at radius 2 is 2.24 bits per heavy atom. The number of nitrogen functional groups attached to an aromatic ring is 1. The SMILES string of the molecule is Cn1nccc1CCNC(=O)c1cccc(N)c1[N+](=O)[O-]. The molecule has 0 saturated carbocycles. The molecule has 0 radical (unpaired) electrons. The van der Waals surface area contributed by atoms with Gasteiger partial charge >= 0.3 is 5.69 Å². The maximum Gasteiger partial charge on any atom is 0.304 e. The van der Waals surface area contributed by atoms with E-state index >= 15 is 0 Å². The molecule has 0 aliphatic carbocycles. The Labute approximate surface area is 120 Å². The zero-order valence-corrected chi connectivity index (χ0v) is 11.4. The van der Waals surface area contributed by atoms with E-state index < -0.39 is 10.8 Å². The third-order valence-corrected chi connectivity index (χ3v) is 3.08. The molecule has 8 nitrogen and oxygen atoms in total. The van der Waals surface area contributed by atoms with Crippen molar-refractivity contribution in [3.8, 4) is 0 Å². The highest BCUT2D eigenvalue weighted by molar-refractivity contribution is 6.00. The van der Waals surface area contributed by atoms with Gasteiger partial charge in [-0.15, -0.1) is 0 Å². The van der Waals surface area contributed by atoms with Crippen molar-refractivity contribution >= 4 is 17.3 Å². The van der Waals surface area contributed by atoms with Crippen LogP contribution in [0, 0.1) is 10.1 Å². The zero-order chi connectivity index (χ0) is 15.4. The number of nitro benzene ring substituents is 1. The number of benzene rings is 1. The summed E-state index contributed by atoms with van der Waals surface area (Å²) in [6.07, 6.45) is 2.25.